The van der Waals surface area contributed by atoms with Gasteiger partial charge in [0.2, 0.25) is 0 Å². The zero-order valence-electron chi connectivity index (χ0n) is 10.4. The van der Waals surface area contributed by atoms with Crippen molar-refractivity contribution < 1.29 is 0 Å². The maximum Gasteiger partial charge on any atom is 0.0791 e. The van der Waals surface area contributed by atoms with Crippen molar-refractivity contribution >= 4 is 5.69 Å². The van der Waals surface area contributed by atoms with Gasteiger partial charge in [-0.3, -0.25) is 0 Å². The Morgan fingerprint density at radius 1 is 1.41 bits per heavy atom. The highest BCUT2D eigenvalue weighted by Crippen LogP contribution is 2.31. The number of benzene rings is 1. The van der Waals surface area contributed by atoms with Gasteiger partial charge in [-0.05, 0) is 43.4 Å². The van der Waals surface area contributed by atoms with E-state index >= 15 is 0 Å². The third kappa shape index (κ3) is 3.25. The molecule has 0 bridgehead atoms. The fourth-order valence-corrected chi connectivity index (χ4v) is 1.97. The summed E-state index contributed by atoms with van der Waals surface area (Å²) >= 11 is 0. The molecule has 2 rings (SSSR count). The average molecular weight is 228 g/mol. The highest BCUT2D eigenvalue weighted by atomic mass is 15.1. The Bertz CT molecular complexity index is 396. The quantitative estimate of drug-likeness (QED) is 0.785. The molecule has 90 valence electrons. The van der Waals surface area contributed by atoms with Crippen molar-refractivity contribution in [3.05, 3.63) is 29.8 Å². The minimum atomic E-state index is 0.0913. The van der Waals surface area contributed by atoms with E-state index in [0.717, 1.165) is 12.5 Å². The third-order valence-electron chi connectivity index (χ3n) is 3.24. The van der Waals surface area contributed by atoms with Crippen LogP contribution in [0.15, 0.2) is 24.3 Å². The molecular formula is C15H20N2. The van der Waals surface area contributed by atoms with E-state index in [1.165, 1.54) is 24.1 Å². The van der Waals surface area contributed by atoms with Gasteiger partial charge in [-0.2, -0.15) is 0 Å². The number of terminal acetylenes is 1. The van der Waals surface area contributed by atoms with E-state index in [-0.39, 0.29) is 6.04 Å². The minimum Gasteiger partial charge on any atom is -0.360 e. The summed E-state index contributed by atoms with van der Waals surface area (Å²) in [5.74, 6) is 3.58. The van der Waals surface area contributed by atoms with E-state index in [2.05, 4.69) is 35.1 Å². The van der Waals surface area contributed by atoms with E-state index in [4.69, 9.17) is 12.2 Å². The summed E-state index contributed by atoms with van der Waals surface area (Å²) in [5, 5.41) is 0. The van der Waals surface area contributed by atoms with E-state index < -0.39 is 0 Å². The van der Waals surface area contributed by atoms with Crippen LogP contribution < -0.4 is 10.6 Å². The molecule has 0 amide bonds. The number of nitrogens with zero attached hydrogens (tertiary/aromatic N) is 1. The van der Waals surface area contributed by atoms with Gasteiger partial charge < -0.3 is 10.6 Å². The zero-order valence-corrected chi connectivity index (χ0v) is 10.4. The molecule has 0 aromatic heterocycles. The fourth-order valence-electron chi connectivity index (χ4n) is 1.97. The summed E-state index contributed by atoms with van der Waals surface area (Å²) in [5.41, 5.74) is 8.22. The number of anilines is 1. The first kappa shape index (κ1) is 12.0. The van der Waals surface area contributed by atoms with E-state index in [0.29, 0.717) is 6.54 Å². The van der Waals surface area contributed by atoms with Gasteiger partial charge in [0.1, 0.15) is 0 Å². The van der Waals surface area contributed by atoms with Gasteiger partial charge in [-0.15, -0.1) is 6.42 Å². The highest BCUT2D eigenvalue weighted by molar-refractivity contribution is 5.49. The monoisotopic (exact) mass is 228 g/mol. The topological polar surface area (TPSA) is 29.3 Å². The van der Waals surface area contributed by atoms with Crippen molar-refractivity contribution in [3.63, 3.8) is 0 Å². The van der Waals surface area contributed by atoms with Gasteiger partial charge in [-0.1, -0.05) is 18.1 Å². The molecule has 2 nitrogen and oxygen atoms in total. The summed E-state index contributed by atoms with van der Waals surface area (Å²) in [4.78, 5) is 2.28. The van der Waals surface area contributed by atoms with Crippen LogP contribution in [-0.2, 0) is 0 Å². The first-order valence-corrected chi connectivity index (χ1v) is 6.24. The average Bonchev–Trinajstić information content (AvgIpc) is 3.13. The van der Waals surface area contributed by atoms with Crippen LogP contribution >= 0.6 is 0 Å². The molecule has 2 N–H and O–H groups in total. The second-order valence-electron chi connectivity index (χ2n) is 4.91. The van der Waals surface area contributed by atoms with Crippen LogP contribution in [-0.4, -0.2) is 13.1 Å². The molecule has 17 heavy (non-hydrogen) atoms. The Morgan fingerprint density at radius 2 is 2.06 bits per heavy atom. The second kappa shape index (κ2) is 5.25. The number of hydrogen-bond acceptors (Lipinski definition) is 2. The predicted molar refractivity (Wildman–Crippen MR) is 72.8 cm³/mol. The standard InChI is InChI=1S/C15H20N2/c1-3-10-17(11-13-4-5-13)15-8-6-14(7-9-15)12(2)16/h1,6-9,12-13H,4-5,10-11,16H2,2H3. The zero-order chi connectivity index (χ0) is 12.3. The molecule has 0 aliphatic heterocycles. The SMILES string of the molecule is C#CCN(CC1CC1)c1ccc(C(C)N)cc1. The lowest BCUT2D eigenvalue weighted by molar-refractivity contribution is 0.763. The van der Waals surface area contributed by atoms with Crippen LogP contribution in [0, 0.1) is 18.3 Å². The number of rotatable bonds is 5. The maximum atomic E-state index is 5.84. The normalized spacial score (nSPS) is 16.3. The smallest absolute Gasteiger partial charge is 0.0791 e. The largest absolute Gasteiger partial charge is 0.360 e. The van der Waals surface area contributed by atoms with Crippen molar-refractivity contribution in [2.45, 2.75) is 25.8 Å². The van der Waals surface area contributed by atoms with Crippen molar-refractivity contribution in [1.29, 1.82) is 0 Å². The lowest BCUT2D eigenvalue weighted by Gasteiger charge is -2.22. The molecule has 1 aromatic carbocycles. The maximum absolute atomic E-state index is 5.84. The molecule has 0 spiro atoms. The number of nitrogens with two attached hydrogens (primary N) is 1. The first-order valence-electron chi connectivity index (χ1n) is 6.24. The van der Waals surface area contributed by atoms with Gasteiger partial charge in [0.25, 0.3) is 0 Å². The van der Waals surface area contributed by atoms with Gasteiger partial charge >= 0.3 is 0 Å². The van der Waals surface area contributed by atoms with E-state index in [1.807, 2.05) is 6.92 Å². The molecule has 2 heteroatoms. The summed E-state index contributed by atoms with van der Waals surface area (Å²) in [7, 11) is 0. The summed E-state index contributed by atoms with van der Waals surface area (Å²) in [6, 6.07) is 8.53. The minimum absolute atomic E-state index is 0.0913. The predicted octanol–water partition coefficient (Wildman–Crippen LogP) is 2.56. The molecule has 1 aromatic rings. The fraction of sp³-hybridized carbons (Fsp3) is 0.467. The van der Waals surface area contributed by atoms with Crippen LogP contribution in [0.1, 0.15) is 31.4 Å². The van der Waals surface area contributed by atoms with Crippen molar-refractivity contribution in [2.75, 3.05) is 18.0 Å². The van der Waals surface area contributed by atoms with Gasteiger partial charge in [0, 0.05) is 18.3 Å². The molecule has 1 aliphatic rings. The molecule has 0 radical (unpaired) electrons. The van der Waals surface area contributed by atoms with Crippen LogP contribution in [0.2, 0.25) is 0 Å². The van der Waals surface area contributed by atoms with Crippen LogP contribution in [0.25, 0.3) is 0 Å². The number of hydrogen-bond donors (Lipinski definition) is 1. The first-order chi connectivity index (χ1) is 8.20. The molecule has 1 saturated carbocycles. The van der Waals surface area contributed by atoms with Crippen LogP contribution in [0.3, 0.4) is 0 Å². The summed E-state index contributed by atoms with van der Waals surface area (Å²) in [6.45, 7) is 3.77. The van der Waals surface area contributed by atoms with Gasteiger partial charge in [-0.25, -0.2) is 0 Å². The van der Waals surface area contributed by atoms with Crippen molar-refractivity contribution in [2.24, 2.45) is 11.7 Å². The Morgan fingerprint density at radius 3 is 2.53 bits per heavy atom. The summed E-state index contributed by atoms with van der Waals surface area (Å²) in [6.07, 6.45) is 8.12. The third-order valence-corrected chi connectivity index (χ3v) is 3.24. The molecule has 0 saturated heterocycles. The van der Waals surface area contributed by atoms with Crippen LogP contribution in [0.4, 0.5) is 5.69 Å². The Balaban J connectivity index is 2.08. The summed E-state index contributed by atoms with van der Waals surface area (Å²) < 4.78 is 0. The molecule has 1 aliphatic carbocycles. The van der Waals surface area contributed by atoms with Crippen molar-refractivity contribution in [1.82, 2.24) is 0 Å². The lowest BCUT2D eigenvalue weighted by atomic mass is 10.1. The van der Waals surface area contributed by atoms with Gasteiger partial charge in [0.05, 0.1) is 6.54 Å². The highest BCUT2D eigenvalue weighted by Gasteiger charge is 2.24. The Kier molecular flexibility index (Phi) is 3.71. The second-order valence-corrected chi connectivity index (χ2v) is 4.91. The molecule has 1 unspecified atom stereocenters. The van der Waals surface area contributed by atoms with E-state index in [1.54, 1.807) is 0 Å². The molecule has 0 heterocycles. The Hall–Kier alpha value is -1.46. The lowest BCUT2D eigenvalue weighted by Crippen LogP contribution is -2.26. The van der Waals surface area contributed by atoms with Crippen molar-refractivity contribution in [3.8, 4) is 12.3 Å². The molecular weight excluding hydrogens is 208 g/mol. The van der Waals surface area contributed by atoms with Gasteiger partial charge in [0.15, 0.2) is 0 Å². The Labute approximate surface area is 104 Å². The van der Waals surface area contributed by atoms with Crippen LogP contribution in [0.5, 0.6) is 0 Å². The van der Waals surface area contributed by atoms with E-state index in [9.17, 15) is 0 Å². The molecule has 1 atom stereocenters. The molecule has 1 fully saturated rings.